The third-order valence-electron chi connectivity index (χ3n) is 4.56. The van der Waals surface area contributed by atoms with Crippen molar-refractivity contribution in [1.82, 2.24) is 10.3 Å². The van der Waals surface area contributed by atoms with E-state index in [0.29, 0.717) is 11.6 Å². The summed E-state index contributed by atoms with van der Waals surface area (Å²) in [5.41, 5.74) is 2.04. The van der Waals surface area contributed by atoms with Crippen molar-refractivity contribution >= 4 is 54.9 Å². The Balaban J connectivity index is 1.31. The Hall–Kier alpha value is -1.54. The van der Waals surface area contributed by atoms with Crippen LogP contribution in [0.3, 0.4) is 0 Å². The molecule has 1 aliphatic heterocycles. The molecule has 3 heterocycles. The summed E-state index contributed by atoms with van der Waals surface area (Å²) in [5, 5.41) is 9.51. The van der Waals surface area contributed by atoms with Gasteiger partial charge in [-0.05, 0) is 52.5 Å². The minimum absolute atomic E-state index is 0.0562. The highest BCUT2D eigenvalue weighted by atomic mass is 79.9. The van der Waals surface area contributed by atoms with Crippen LogP contribution in [0, 0.1) is 0 Å². The highest BCUT2D eigenvalue weighted by Crippen LogP contribution is 2.40. The molecule has 5 nitrogen and oxygen atoms in total. The molecule has 0 saturated carbocycles. The molecule has 142 valence electrons. The first kappa shape index (κ1) is 18.8. The summed E-state index contributed by atoms with van der Waals surface area (Å²) in [5.74, 6) is 1.64. The predicted octanol–water partition coefficient (Wildman–Crippen LogP) is 4.92. The maximum absolute atomic E-state index is 12.0. The summed E-state index contributed by atoms with van der Waals surface area (Å²) in [4.78, 5) is 15.3. The molecule has 2 aromatic heterocycles. The van der Waals surface area contributed by atoms with E-state index in [0.717, 1.165) is 57.8 Å². The fourth-order valence-corrected chi connectivity index (χ4v) is 5.01. The van der Waals surface area contributed by atoms with Crippen molar-refractivity contribution in [2.75, 3.05) is 25.0 Å². The number of benzene rings is 1. The fraction of sp³-hybridized carbons (Fsp3) is 0.316. The predicted molar refractivity (Wildman–Crippen MR) is 116 cm³/mol. The van der Waals surface area contributed by atoms with Crippen LogP contribution in [0.4, 0.5) is 5.82 Å². The van der Waals surface area contributed by atoms with Gasteiger partial charge in [-0.25, -0.2) is 0 Å². The van der Waals surface area contributed by atoms with E-state index >= 15 is 0 Å². The first-order chi connectivity index (χ1) is 13.1. The Bertz CT molecular complexity index is 1020. The number of rotatable bonds is 6. The minimum Gasteiger partial charge on any atom is -0.492 e. The number of hydrogen-bond donors (Lipinski definition) is 3. The molecule has 27 heavy (non-hydrogen) atoms. The van der Waals surface area contributed by atoms with Gasteiger partial charge in [0.15, 0.2) is 0 Å². The van der Waals surface area contributed by atoms with Crippen molar-refractivity contribution in [3.05, 3.63) is 54.9 Å². The minimum atomic E-state index is 0.0562. The second-order valence-corrected chi connectivity index (χ2v) is 8.65. The smallest absolute Gasteiger partial charge is 0.201 e. The molecule has 0 fully saturated rings. The largest absolute Gasteiger partial charge is 0.492 e. The van der Waals surface area contributed by atoms with Crippen LogP contribution in [-0.4, -0.2) is 24.7 Å². The molecule has 3 aromatic rings. The lowest BCUT2D eigenvalue weighted by Gasteiger charge is -2.28. The molecule has 3 N–H and O–H groups in total. The first-order valence-corrected chi connectivity index (χ1v) is 10.9. The highest BCUT2D eigenvalue weighted by molar-refractivity contribution is 9.10. The number of aromatic amines is 1. The van der Waals surface area contributed by atoms with Crippen molar-refractivity contribution in [2.24, 2.45) is 0 Å². The van der Waals surface area contributed by atoms with E-state index in [9.17, 15) is 4.79 Å². The lowest BCUT2D eigenvalue weighted by atomic mass is 10.0. The van der Waals surface area contributed by atoms with Gasteiger partial charge in [0.1, 0.15) is 11.6 Å². The molecule has 0 radical (unpaired) electrons. The molecule has 1 aliphatic rings. The average Bonchev–Trinajstić information content (AvgIpc) is 3.11. The number of thiophene rings is 1. The molecule has 0 unspecified atom stereocenters. The molecule has 0 aliphatic carbocycles. The highest BCUT2D eigenvalue weighted by Gasteiger charge is 2.23. The molecule has 0 bridgehead atoms. The number of anilines is 1. The molecule has 0 amide bonds. The van der Waals surface area contributed by atoms with Gasteiger partial charge >= 0.3 is 0 Å². The van der Waals surface area contributed by atoms with Crippen molar-refractivity contribution in [3.8, 4) is 5.75 Å². The zero-order valence-electron chi connectivity index (χ0n) is 14.5. The van der Waals surface area contributed by atoms with Crippen LogP contribution < -0.4 is 20.8 Å². The van der Waals surface area contributed by atoms with Crippen LogP contribution in [0.5, 0.6) is 5.75 Å². The number of halogens is 2. The maximum atomic E-state index is 12.0. The Kier molecular flexibility index (Phi) is 5.73. The summed E-state index contributed by atoms with van der Waals surface area (Å²) in [7, 11) is 0. The Labute approximate surface area is 174 Å². The van der Waals surface area contributed by atoms with Crippen molar-refractivity contribution in [2.45, 2.75) is 18.9 Å². The Morgan fingerprint density at radius 1 is 1.33 bits per heavy atom. The van der Waals surface area contributed by atoms with Crippen LogP contribution in [0.1, 0.15) is 24.4 Å². The average molecular weight is 469 g/mol. The zero-order valence-corrected chi connectivity index (χ0v) is 17.6. The molecule has 8 heteroatoms. The quantitative estimate of drug-likeness (QED) is 0.449. The van der Waals surface area contributed by atoms with Gasteiger partial charge in [-0.3, -0.25) is 4.79 Å². The van der Waals surface area contributed by atoms with Crippen LogP contribution in [0.2, 0.25) is 5.02 Å². The van der Waals surface area contributed by atoms with Crippen molar-refractivity contribution in [3.63, 3.8) is 0 Å². The van der Waals surface area contributed by atoms with E-state index in [1.165, 1.54) is 11.3 Å². The topological polar surface area (TPSA) is 66.2 Å². The molecule has 1 aromatic carbocycles. The fourth-order valence-electron chi connectivity index (χ4n) is 3.30. The molecular formula is C19H19BrClN3O2S. The van der Waals surface area contributed by atoms with Crippen molar-refractivity contribution < 1.29 is 4.74 Å². The number of nitrogens with one attached hydrogen (secondary N) is 3. The van der Waals surface area contributed by atoms with Crippen molar-refractivity contribution in [1.29, 1.82) is 0 Å². The lowest BCUT2D eigenvalue weighted by molar-refractivity contribution is 0.251. The standard InChI is InChI=1S/C19H19BrClN3O2S/c20-13-9-11(21)8-12-14(2-6-26-18(12)13)22-4-1-5-23-17-10-16(25)19-15(24-17)3-7-27-19/h3,7-10,14,22H,1-2,4-6H2,(H2,23,24,25)/t14-/m1/s1. The van der Waals surface area contributed by atoms with E-state index in [2.05, 4.69) is 31.5 Å². The van der Waals surface area contributed by atoms with Gasteiger partial charge in [-0.2, -0.15) is 0 Å². The van der Waals surface area contributed by atoms with Gasteiger partial charge in [0.05, 0.1) is 21.3 Å². The number of aromatic nitrogens is 1. The lowest BCUT2D eigenvalue weighted by Crippen LogP contribution is -2.29. The normalized spacial score (nSPS) is 16.1. The Morgan fingerprint density at radius 3 is 3.11 bits per heavy atom. The van der Waals surface area contributed by atoms with Crippen LogP contribution >= 0.6 is 38.9 Å². The second-order valence-electron chi connectivity index (χ2n) is 6.44. The molecular weight excluding hydrogens is 450 g/mol. The molecule has 0 spiro atoms. The third kappa shape index (κ3) is 4.16. The van der Waals surface area contributed by atoms with Gasteiger partial charge < -0.3 is 20.4 Å². The van der Waals surface area contributed by atoms with Gasteiger partial charge in [-0.15, -0.1) is 11.3 Å². The first-order valence-electron chi connectivity index (χ1n) is 8.81. The number of pyridine rings is 1. The second kappa shape index (κ2) is 8.22. The van der Waals surface area contributed by atoms with Crippen LogP contribution in [0.15, 0.2) is 38.9 Å². The number of fused-ring (bicyclic) bond motifs is 2. The summed E-state index contributed by atoms with van der Waals surface area (Å²) in [6.07, 6.45) is 1.84. The Morgan fingerprint density at radius 2 is 2.22 bits per heavy atom. The van der Waals surface area contributed by atoms with Gasteiger partial charge in [-0.1, -0.05) is 11.6 Å². The van der Waals surface area contributed by atoms with E-state index < -0.39 is 0 Å². The van der Waals surface area contributed by atoms with E-state index in [1.54, 1.807) is 6.07 Å². The van der Waals surface area contributed by atoms with Gasteiger partial charge in [0, 0.05) is 35.7 Å². The summed E-state index contributed by atoms with van der Waals surface area (Å²) in [6, 6.07) is 7.61. The van der Waals surface area contributed by atoms with Gasteiger partial charge in [0.2, 0.25) is 5.43 Å². The number of hydrogen-bond acceptors (Lipinski definition) is 5. The third-order valence-corrected chi connectivity index (χ3v) is 6.30. The van der Waals surface area contributed by atoms with Crippen LogP contribution in [0.25, 0.3) is 10.2 Å². The number of H-pyrrole nitrogens is 1. The summed E-state index contributed by atoms with van der Waals surface area (Å²) >= 11 is 11.2. The SMILES string of the molecule is O=c1cc(NCCCN[C@@H]2CCOc3c(Br)cc(Cl)cc32)[nH]c2ccsc12. The molecule has 4 rings (SSSR count). The van der Waals surface area contributed by atoms with Crippen LogP contribution in [-0.2, 0) is 0 Å². The van der Waals surface area contributed by atoms with Gasteiger partial charge in [0.25, 0.3) is 0 Å². The number of ether oxygens (including phenoxy) is 1. The zero-order chi connectivity index (χ0) is 18.8. The van der Waals surface area contributed by atoms with E-state index in [1.807, 2.05) is 23.6 Å². The van der Waals surface area contributed by atoms with E-state index in [4.69, 9.17) is 16.3 Å². The summed E-state index contributed by atoms with van der Waals surface area (Å²) in [6.45, 7) is 2.31. The molecule has 1 atom stereocenters. The summed E-state index contributed by atoms with van der Waals surface area (Å²) < 4.78 is 7.44. The van der Waals surface area contributed by atoms with E-state index in [-0.39, 0.29) is 11.5 Å². The maximum Gasteiger partial charge on any atom is 0.201 e. The molecule has 0 saturated heterocycles. The monoisotopic (exact) mass is 467 g/mol.